The van der Waals surface area contributed by atoms with Crippen LogP contribution in [-0.2, 0) is 17.9 Å². The highest BCUT2D eigenvalue weighted by molar-refractivity contribution is 8.00. The summed E-state index contributed by atoms with van der Waals surface area (Å²) in [6, 6.07) is 16.5. The van der Waals surface area contributed by atoms with Crippen molar-refractivity contribution < 1.29 is 9.18 Å². The minimum absolute atomic E-state index is 0.0443. The Labute approximate surface area is 187 Å². The molecule has 1 amide bonds. The summed E-state index contributed by atoms with van der Waals surface area (Å²) >= 11 is 1.37. The van der Waals surface area contributed by atoms with E-state index >= 15 is 0 Å². The summed E-state index contributed by atoms with van der Waals surface area (Å²) in [4.78, 5) is 15.0. The molecule has 0 aliphatic heterocycles. The number of thioether (sulfide) groups is 1. The van der Waals surface area contributed by atoms with E-state index in [0.717, 1.165) is 5.56 Å². The molecule has 1 heterocycles. The topological polar surface area (TPSA) is 51.0 Å². The van der Waals surface area contributed by atoms with E-state index in [2.05, 4.69) is 24.0 Å². The Bertz CT molecular complexity index is 1010. The maximum Gasteiger partial charge on any atom is 0.236 e. The number of carbonyl (C=O) groups excluding carboxylic acids is 1. The third kappa shape index (κ3) is 5.73. The van der Waals surface area contributed by atoms with Crippen LogP contribution in [0.25, 0.3) is 11.4 Å². The molecule has 0 spiro atoms. The van der Waals surface area contributed by atoms with Crippen LogP contribution in [-0.4, -0.2) is 37.4 Å². The maximum absolute atomic E-state index is 14.4. The molecule has 0 saturated carbocycles. The number of hydrogen-bond acceptors (Lipinski definition) is 4. The van der Waals surface area contributed by atoms with Gasteiger partial charge in [0, 0.05) is 19.6 Å². The summed E-state index contributed by atoms with van der Waals surface area (Å²) in [6.45, 7) is 9.88. The second-order valence-corrected chi connectivity index (χ2v) is 9.20. The minimum Gasteiger partial charge on any atom is -0.338 e. The fourth-order valence-electron chi connectivity index (χ4n) is 3.36. The normalized spacial score (nSPS) is 12.2. The molecule has 0 saturated heterocycles. The molecule has 0 aliphatic carbocycles. The monoisotopic (exact) mass is 440 g/mol. The Kier molecular flexibility index (Phi) is 7.85. The lowest BCUT2D eigenvalue weighted by Crippen LogP contribution is -2.36. The largest absolute Gasteiger partial charge is 0.338 e. The summed E-state index contributed by atoms with van der Waals surface area (Å²) in [7, 11) is 0. The Morgan fingerprint density at radius 1 is 1.06 bits per heavy atom. The third-order valence-corrected chi connectivity index (χ3v) is 5.99. The van der Waals surface area contributed by atoms with Crippen LogP contribution in [0.4, 0.5) is 4.39 Å². The number of rotatable bonds is 9. The number of halogens is 1. The van der Waals surface area contributed by atoms with Gasteiger partial charge in [0.1, 0.15) is 5.82 Å². The number of hydrogen-bond donors (Lipinski definition) is 0. The fourth-order valence-corrected chi connectivity index (χ4v) is 4.30. The first-order valence-corrected chi connectivity index (χ1v) is 11.5. The van der Waals surface area contributed by atoms with E-state index in [-0.39, 0.29) is 17.0 Å². The second-order valence-electron chi connectivity index (χ2n) is 7.89. The average Bonchev–Trinajstić information content (AvgIpc) is 3.13. The number of aromatic nitrogens is 3. The van der Waals surface area contributed by atoms with Crippen molar-refractivity contribution in [3.63, 3.8) is 0 Å². The molecule has 31 heavy (non-hydrogen) atoms. The van der Waals surface area contributed by atoms with Crippen molar-refractivity contribution in [2.75, 3.05) is 6.54 Å². The number of amides is 1. The van der Waals surface area contributed by atoms with Gasteiger partial charge in [-0.05, 0) is 37.5 Å². The van der Waals surface area contributed by atoms with Gasteiger partial charge in [-0.15, -0.1) is 10.2 Å². The van der Waals surface area contributed by atoms with E-state index in [1.807, 2.05) is 53.6 Å². The highest BCUT2D eigenvalue weighted by Gasteiger charge is 2.25. The minimum atomic E-state index is -0.341. The standard InChI is InChI=1S/C24H29FN4OS/c1-5-28(16-19-11-7-6-8-12-19)23(30)18(4)31-24-27-26-22(29(24)15-17(2)3)20-13-9-10-14-21(20)25/h6-14,17-18H,5,15-16H2,1-4H3. The predicted molar refractivity (Wildman–Crippen MR) is 123 cm³/mol. The van der Waals surface area contributed by atoms with Gasteiger partial charge in [-0.1, -0.05) is 68.1 Å². The zero-order valence-corrected chi connectivity index (χ0v) is 19.3. The van der Waals surface area contributed by atoms with Crippen molar-refractivity contribution in [2.24, 2.45) is 5.92 Å². The summed E-state index contributed by atoms with van der Waals surface area (Å²) in [5.41, 5.74) is 1.51. The molecular weight excluding hydrogens is 411 g/mol. The predicted octanol–water partition coefficient (Wildman–Crippen LogP) is 5.27. The van der Waals surface area contributed by atoms with Gasteiger partial charge < -0.3 is 9.47 Å². The first-order chi connectivity index (χ1) is 14.9. The van der Waals surface area contributed by atoms with Gasteiger partial charge in [-0.3, -0.25) is 4.79 Å². The molecule has 5 nitrogen and oxygen atoms in total. The average molecular weight is 441 g/mol. The second kappa shape index (κ2) is 10.6. The molecule has 1 aromatic heterocycles. The third-order valence-electron chi connectivity index (χ3n) is 4.92. The molecule has 3 aromatic rings. The molecule has 164 valence electrons. The molecule has 3 rings (SSSR count). The van der Waals surface area contributed by atoms with Crippen molar-refractivity contribution in [3.05, 3.63) is 66.0 Å². The molecule has 7 heteroatoms. The summed E-state index contributed by atoms with van der Waals surface area (Å²) in [5, 5.41) is 8.88. The lowest BCUT2D eigenvalue weighted by Gasteiger charge is -2.24. The van der Waals surface area contributed by atoms with Crippen molar-refractivity contribution in [3.8, 4) is 11.4 Å². The van der Waals surface area contributed by atoms with Crippen molar-refractivity contribution >= 4 is 17.7 Å². The molecule has 1 unspecified atom stereocenters. The fraction of sp³-hybridized carbons (Fsp3) is 0.375. The van der Waals surface area contributed by atoms with Gasteiger partial charge in [-0.2, -0.15) is 0 Å². The summed E-state index contributed by atoms with van der Waals surface area (Å²) in [5.74, 6) is 0.520. The van der Waals surface area contributed by atoms with E-state index in [1.165, 1.54) is 17.8 Å². The first kappa shape index (κ1) is 23.0. The van der Waals surface area contributed by atoms with Gasteiger partial charge in [0.2, 0.25) is 5.91 Å². The summed E-state index contributed by atoms with van der Waals surface area (Å²) in [6.07, 6.45) is 0. The maximum atomic E-state index is 14.4. The molecule has 0 radical (unpaired) electrons. The highest BCUT2D eigenvalue weighted by atomic mass is 32.2. The zero-order chi connectivity index (χ0) is 22.4. The van der Waals surface area contributed by atoms with E-state index < -0.39 is 0 Å². The zero-order valence-electron chi connectivity index (χ0n) is 18.5. The van der Waals surface area contributed by atoms with Crippen LogP contribution in [0.3, 0.4) is 0 Å². The van der Waals surface area contributed by atoms with Crippen LogP contribution in [0.2, 0.25) is 0 Å². The van der Waals surface area contributed by atoms with Crippen molar-refractivity contribution in [1.29, 1.82) is 0 Å². The molecule has 0 aliphatic rings. The number of carbonyl (C=O) groups is 1. The van der Waals surface area contributed by atoms with Gasteiger partial charge in [0.25, 0.3) is 0 Å². The molecule has 1 atom stereocenters. The van der Waals surface area contributed by atoms with E-state index in [1.54, 1.807) is 18.2 Å². The van der Waals surface area contributed by atoms with Crippen LogP contribution in [0.15, 0.2) is 59.8 Å². The van der Waals surface area contributed by atoms with Gasteiger partial charge in [0.05, 0.1) is 10.8 Å². The van der Waals surface area contributed by atoms with E-state index in [9.17, 15) is 9.18 Å². The molecular formula is C24H29FN4OS. The Hall–Kier alpha value is -2.67. The van der Waals surface area contributed by atoms with E-state index in [0.29, 0.717) is 42.1 Å². The van der Waals surface area contributed by atoms with Crippen molar-refractivity contribution in [2.45, 2.75) is 51.2 Å². The Morgan fingerprint density at radius 3 is 2.39 bits per heavy atom. The molecule has 2 aromatic carbocycles. The Balaban J connectivity index is 1.82. The van der Waals surface area contributed by atoms with Crippen LogP contribution in [0.5, 0.6) is 0 Å². The highest BCUT2D eigenvalue weighted by Crippen LogP contribution is 2.29. The SMILES string of the molecule is CCN(Cc1ccccc1)C(=O)C(C)Sc1nnc(-c2ccccc2F)n1CC(C)C. The Morgan fingerprint density at radius 2 is 1.74 bits per heavy atom. The van der Waals surface area contributed by atoms with Gasteiger partial charge >= 0.3 is 0 Å². The lowest BCUT2D eigenvalue weighted by atomic mass is 10.2. The summed E-state index contributed by atoms with van der Waals surface area (Å²) < 4.78 is 16.3. The molecule has 0 N–H and O–H groups in total. The number of benzene rings is 2. The number of nitrogens with zero attached hydrogens (tertiary/aromatic N) is 4. The first-order valence-electron chi connectivity index (χ1n) is 10.6. The molecule has 0 fully saturated rings. The quantitative estimate of drug-likeness (QED) is 0.425. The van der Waals surface area contributed by atoms with Crippen molar-refractivity contribution in [1.82, 2.24) is 19.7 Å². The van der Waals surface area contributed by atoms with Crippen LogP contribution in [0, 0.1) is 11.7 Å². The lowest BCUT2D eigenvalue weighted by molar-refractivity contribution is -0.130. The van der Waals surface area contributed by atoms with Crippen LogP contribution >= 0.6 is 11.8 Å². The van der Waals surface area contributed by atoms with Crippen LogP contribution < -0.4 is 0 Å². The van der Waals surface area contributed by atoms with Crippen LogP contribution in [0.1, 0.15) is 33.3 Å². The molecule has 0 bridgehead atoms. The smallest absolute Gasteiger partial charge is 0.236 e. The van der Waals surface area contributed by atoms with E-state index in [4.69, 9.17) is 0 Å². The van der Waals surface area contributed by atoms with Gasteiger partial charge in [0.15, 0.2) is 11.0 Å². The van der Waals surface area contributed by atoms with Gasteiger partial charge in [-0.25, -0.2) is 4.39 Å².